The van der Waals surface area contributed by atoms with E-state index in [-0.39, 0.29) is 5.91 Å². The molecular formula is C24H24N2O4. The van der Waals surface area contributed by atoms with Gasteiger partial charge in [0.1, 0.15) is 19.0 Å². The van der Waals surface area contributed by atoms with Gasteiger partial charge in [0.2, 0.25) is 0 Å². The van der Waals surface area contributed by atoms with E-state index in [0.29, 0.717) is 43.7 Å². The van der Waals surface area contributed by atoms with Crippen LogP contribution in [0.15, 0.2) is 59.2 Å². The molecule has 0 saturated heterocycles. The Hall–Kier alpha value is -3.41. The average Bonchev–Trinajstić information content (AvgIpc) is 3.36. The van der Waals surface area contributed by atoms with Gasteiger partial charge in [-0.2, -0.15) is 0 Å². The molecule has 2 aliphatic heterocycles. The number of fused-ring (bicyclic) bond motifs is 2. The van der Waals surface area contributed by atoms with Crippen molar-refractivity contribution in [1.82, 2.24) is 5.32 Å². The summed E-state index contributed by atoms with van der Waals surface area (Å²) in [5, 5.41) is 2.99. The normalized spacial score (nSPS) is 17.0. The molecule has 0 saturated carbocycles. The van der Waals surface area contributed by atoms with Crippen LogP contribution in [-0.2, 0) is 19.5 Å². The Labute approximate surface area is 175 Å². The highest BCUT2D eigenvalue weighted by molar-refractivity contribution is 5.95. The van der Waals surface area contributed by atoms with Gasteiger partial charge in [0.05, 0.1) is 18.4 Å². The molecule has 0 spiro atoms. The molecule has 0 fully saturated rings. The molecule has 1 amide bonds. The van der Waals surface area contributed by atoms with Crippen LogP contribution in [-0.4, -0.2) is 25.2 Å². The molecule has 6 nitrogen and oxygen atoms in total. The van der Waals surface area contributed by atoms with Gasteiger partial charge < -0.3 is 24.1 Å². The molecule has 1 unspecified atom stereocenters. The summed E-state index contributed by atoms with van der Waals surface area (Å²) >= 11 is 0. The largest absolute Gasteiger partial charge is 0.486 e. The fraction of sp³-hybridized carbons (Fsp3) is 0.292. The van der Waals surface area contributed by atoms with Gasteiger partial charge >= 0.3 is 0 Å². The number of ether oxygens (including phenoxy) is 2. The number of hydrogen-bond donors (Lipinski definition) is 1. The molecule has 3 heterocycles. The number of amides is 1. The molecule has 2 aliphatic rings. The number of para-hydroxylation sites is 1. The van der Waals surface area contributed by atoms with Gasteiger partial charge in [0, 0.05) is 18.3 Å². The van der Waals surface area contributed by atoms with Gasteiger partial charge in [0.25, 0.3) is 5.91 Å². The van der Waals surface area contributed by atoms with E-state index in [2.05, 4.69) is 35.3 Å². The maximum atomic E-state index is 12.8. The summed E-state index contributed by atoms with van der Waals surface area (Å²) in [5.41, 5.74) is 4.08. The SMILES string of the molecule is CC1Cc2ccccc2N1Cc1occc1C(=O)NCc1ccc2c(c1)OCCO2. The van der Waals surface area contributed by atoms with Crippen LogP contribution in [0.4, 0.5) is 5.69 Å². The first kappa shape index (κ1) is 18.6. The molecule has 0 aliphatic carbocycles. The van der Waals surface area contributed by atoms with E-state index in [4.69, 9.17) is 13.9 Å². The van der Waals surface area contributed by atoms with Crippen LogP contribution in [0.25, 0.3) is 0 Å². The quantitative estimate of drug-likeness (QED) is 0.698. The number of carbonyl (C=O) groups is 1. The van der Waals surface area contributed by atoms with Crippen LogP contribution in [0, 0.1) is 0 Å². The first-order valence-electron chi connectivity index (χ1n) is 10.3. The molecule has 6 heteroatoms. The predicted molar refractivity (Wildman–Crippen MR) is 113 cm³/mol. The third kappa shape index (κ3) is 3.49. The summed E-state index contributed by atoms with van der Waals surface area (Å²) in [4.78, 5) is 15.1. The van der Waals surface area contributed by atoms with Crippen molar-refractivity contribution in [2.45, 2.75) is 32.5 Å². The lowest BCUT2D eigenvalue weighted by Crippen LogP contribution is -2.30. The number of anilines is 1. The molecule has 5 rings (SSSR count). The van der Waals surface area contributed by atoms with E-state index in [1.165, 1.54) is 11.3 Å². The highest BCUT2D eigenvalue weighted by Gasteiger charge is 2.28. The van der Waals surface area contributed by atoms with Crippen LogP contribution >= 0.6 is 0 Å². The number of rotatable bonds is 5. The molecule has 30 heavy (non-hydrogen) atoms. The van der Waals surface area contributed by atoms with Crippen molar-refractivity contribution in [1.29, 1.82) is 0 Å². The Morgan fingerprint density at radius 3 is 2.83 bits per heavy atom. The Balaban J connectivity index is 1.27. The maximum absolute atomic E-state index is 12.8. The standard InChI is InChI=1S/C24H24N2O4/c1-16-12-18-4-2-3-5-20(18)26(16)15-23-19(8-9-28-23)24(27)25-14-17-6-7-21-22(13-17)30-11-10-29-21/h2-9,13,16H,10-12,14-15H2,1H3,(H,25,27). The molecule has 2 aromatic carbocycles. The summed E-state index contributed by atoms with van der Waals surface area (Å²) < 4.78 is 16.9. The van der Waals surface area contributed by atoms with Gasteiger partial charge in [-0.05, 0) is 48.7 Å². The first-order chi connectivity index (χ1) is 14.7. The van der Waals surface area contributed by atoms with Gasteiger partial charge in [-0.1, -0.05) is 24.3 Å². The first-order valence-corrected chi connectivity index (χ1v) is 10.3. The maximum Gasteiger partial charge on any atom is 0.255 e. The van der Waals surface area contributed by atoms with Gasteiger partial charge in [-0.15, -0.1) is 0 Å². The molecule has 1 aromatic heterocycles. The number of nitrogens with zero attached hydrogens (tertiary/aromatic N) is 1. The van der Waals surface area contributed by atoms with E-state index in [1.54, 1.807) is 12.3 Å². The Morgan fingerprint density at radius 2 is 1.93 bits per heavy atom. The summed E-state index contributed by atoms with van der Waals surface area (Å²) in [6.07, 6.45) is 2.59. The lowest BCUT2D eigenvalue weighted by Gasteiger charge is -2.24. The molecular weight excluding hydrogens is 380 g/mol. The van der Waals surface area contributed by atoms with Crippen LogP contribution < -0.4 is 19.7 Å². The number of carbonyl (C=O) groups excluding carboxylic acids is 1. The summed E-state index contributed by atoms with van der Waals surface area (Å²) in [6.45, 7) is 4.28. The van der Waals surface area contributed by atoms with Crippen molar-refractivity contribution in [3.63, 3.8) is 0 Å². The van der Waals surface area contributed by atoms with E-state index >= 15 is 0 Å². The smallest absolute Gasteiger partial charge is 0.255 e. The minimum absolute atomic E-state index is 0.145. The molecule has 154 valence electrons. The average molecular weight is 404 g/mol. The molecule has 1 N–H and O–H groups in total. The lowest BCUT2D eigenvalue weighted by atomic mass is 10.1. The van der Waals surface area contributed by atoms with Crippen LogP contribution in [0.5, 0.6) is 11.5 Å². The monoisotopic (exact) mass is 404 g/mol. The van der Waals surface area contributed by atoms with Gasteiger partial charge in [-0.3, -0.25) is 4.79 Å². The van der Waals surface area contributed by atoms with Crippen LogP contribution in [0.1, 0.15) is 34.2 Å². The Bertz CT molecular complexity index is 1070. The van der Waals surface area contributed by atoms with Crippen molar-refractivity contribution in [2.75, 3.05) is 18.1 Å². The number of nitrogens with one attached hydrogen (secondary N) is 1. The van der Waals surface area contributed by atoms with Crippen molar-refractivity contribution >= 4 is 11.6 Å². The Kier molecular flexibility index (Phi) is 4.83. The van der Waals surface area contributed by atoms with E-state index in [9.17, 15) is 4.79 Å². The lowest BCUT2D eigenvalue weighted by molar-refractivity contribution is 0.0948. The zero-order chi connectivity index (χ0) is 20.5. The number of furan rings is 1. The van der Waals surface area contributed by atoms with E-state index < -0.39 is 0 Å². The summed E-state index contributed by atoms with van der Waals surface area (Å²) in [5.74, 6) is 2.00. The van der Waals surface area contributed by atoms with Crippen LogP contribution in [0.3, 0.4) is 0 Å². The molecule has 1 atom stereocenters. The van der Waals surface area contributed by atoms with Crippen molar-refractivity contribution in [3.05, 3.63) is 77.2 Å². The van der Waals surface area contributed by atoms with E-state index in [1.807, 2.05) is 24.3 Å². The van der Waals surface area contributed by atoms with Crippen LogP contribution in [0.2, 0.25) is 0 Å². The third-order valence-corrected chi connectivity index (χ3v) is 5.71. The number of benzene rings is 2. The van der Waals surface area contributed by atoms with Crippen molar-refractivity contribution < 1.29 is 18.7 Å². The molecule has 3 aromatic rings. The fourth-order valence-corrected chi connectivity index (χ4v) is 4.17. The van der Waals surface area contributed by atoms with Gasteiger partial charge in [-0.25, -0.2) is 0 Å². The van der Waals surface area contributed by atoms with Crippen molar-refractivity contribution in [3.8, 4) is 11.5 Å². The topological polar surface area (TPSA) is 63.9 Å². The summed E-state index contributed by atoms with van der Waals surface area (Å²) in [6, 6.07) is 16.2. The summed E-state index contributed by atoms with van der Waals surface area (Å²) in [7, 11) is 0. The second-order valence-corrected chi connectivity index (χ2v) is 7.73. The number of hydrogen-bond acceptors (Lipinski definition) is 5. The van der Waals surface area contributed by atoms with Gasteiger partial charge in [0.15, 0.2) is 11.5 Å². The Morgan fingerprint density at radius 1 is 1.10 bits per heavy atom. The zero-order valence-corrected chi connectivity index (χ0v) is 16.9. The molecule has 0 bridgehead atoms. The highest BCUT2D eigenvalue weighted by Crippen LogP contribution is 2.34. The minimum Gasteiger partial charge on any atom is -0.486 e. The highest BCUT2D eigenvalue weighted by atomic mass is 16.6. The minimum atomic E-state index is -0.145. The third-order valence-electron chi connectivity index (χ3n) is 5.71. The fourth-order valence-electron chi connectivity index (χ4n) is 4.17. The molecule has 0 radical (unpaired) electrons. The zero-order valence-electron chi connectivity index (χ0n) is 16.9. The second-order valence-electron chi connectivity index (χ2n) is 7.73. The second kappa shape index (κ2) is 7.78. The van der Waals surface area contributed by atoms with E-state index in [0.717, 1.165) is 23.5 Å². The van der Waals surface area contributed by atoms with Crippen molar-refractivity contribution in [2.24, 2.45) is 0 Å². The predicted octanol–water partition coefficient (Wildman–Crippen LogP) is 3.93.